The lowest BCUT2D eigenvalue weighted by Crippen LogP contribution is -2.09. The second kappa shape index (κ2) is 14.3. The number of aromatic nitrogens is 2. The normalized spacial score (nSPS) is 12.1. The molecule has 0 radical (unpaired) electrons. The molecule has 0 fully saturated rings. The van der Waals surface area contributed by atoms with Gasteiger partial charge in [0.05, 0.1) is 0 Å². The molecular weight excluding hydrogens is 841 g/mol. The van der Waals surface area contributed by atoms with Crippen LogP contribution in [0.2, 0.25) is 0 Å². The summed E-state index contributed by atoms with van der Waals surface area (Å²) in [6.07, 6.45) is 0. The minimum Gasteiger partial charge on any atom is -0.344 e. The van der Waals surface area contributed by atoms with Crippen molar-refractivity contribution in [2.45, 2.75) is 0 Å². The second-order valence-electron chi connectivity index (χ2n) is 17.4. The van der Waals surface area contributed by atoms with Gasteiger partial charge in [-0.1, -0.05) is 97.1 Å². The van der Waals surface area contributed by atoms with Crippen LogP contribution in [-0.2, 0) is 14.1 Å². The molecule has 0 aliphatic rings. The molecule has 0 amide bonds. The van der Waals surface area contributed by atoms with Crippen molar-refractivity contribution >= 4 is 152 Å². The van der Waals surface area contributed by atoms with Gasteiger partial charge in [0.1, 0.15) is 0 Å². The summed E-state index contributed by atoms with van der Waals surface area (Å²) in [5, 5.41) is 12.9. The summed E-state index contributed by atoms with van der Waals surface area (Å²) in [7, 11) is 4.32. The first-order valence-corrected chi connectivity index (χ1v) is 24.1. The van der Waals surface area contributed by atoms with Crippen LogP contribution in [0.3, 0.4) is 0 Å². The SMILES string of the molecule is Cn1c2ccccc2c2cc(N(c3ccccc3)c3ccc4c(c3)sc3ccc5c(ccc6sc7cc(N(c8ccccc8)c8ccc9c(c8)c8ccccc8n9C)ccc7c65)c34)ccc21. The second-order valence-corrected chi connectivity index (χ2v) is 19.6. The lowest BCUT2D eigenvalue weighted by Gasteiger charge is -2.25. The quantitative estimate of drug-likeness (QED) is 0.165. The van der Waals surface area contributed by atoms with Crippen LogP contribution in [0.15, 0.2) is 206 Å². The zero-order chi connectivity index (χ0) is 43.6. The monoisotopic (exact) mass is 880 g/mol. The largest absolute Gasteiger partial charge is 0.344 e. The first-order chi connectivity index (χ1) is 32.6. The Morgan fingerprint density at radius 3 is 1.09 bits per heavy atom. The van der Waals surface area contributed by atoms with Gasteiger partial charge >= 0.3 is 0 Å². The van der Waals surface area contributed by atoms with E-state index in [1.807, 2.05) is 22.7 Å². The Bertz CT molecular complexity index is 3990. The van der Waals surface area contributed by atoms with Crippen LogP contribution in [0.4, 0.5) is 34.1 Å². The minimum absolute atomic E-state index is 1.13. The molecule has 312 valence electrons. The third-order valence-corrected chi connectivity index (χ3v) is 16.1. The first-order valence-electron chi connectivity index (χ1n) is 22.4. The fourth-order valence-corrected chi connectivity index (χ4v) is 13.2. The zero-order valence-electron chi connectivity index (χ0n) is 36.2. The van der Waals surface area contributed by atoms with E-state index in [9.17, 15) is 0 Å². The third kappa shape index (κ3) is 5.49. The predicted octanol–water partition coefficient (Wildman–Crippen LogP) is 17.8. The van der Waals surface area contributed by atoms with Gasteiger partial charge in [0, 0.05) is 132 Å². The van der Waals surface area contributed by atoms with E-state index in [4.69, 9.17) is 0 Å². The molecule has 0 saturated carbocycles. The number of benzene rings is 10. The van der Waals surface area contributed by atoms with Gasteiger partial charge in [0.15, 0.2) is 0 Å². The molecule has 4 nitrogen and oxygen atoms in total. The highest BCUT2D eigenvalue weighted by molar-refractivity contribution is 7.26. The van der Waals surface area contributed by atoms with Gasteiger partial charge in [-0.05, 0) is 120 Å². The Labute approximate surface area is 388 Å². The first kappa shape index (κ1) is 37.5. The molecule has 0 bridgehead atoms. The Hall–Kier alpha value is -7.90. The van der Waals surface area contributed by atoms with Crippen LogP contribution in [0.25, 0.3) is 94.7 Å². The Morgan fingerprint density at radius 1 is 0.273 bits per heavy atom. The van der Waals surface area contributed by atoms with Crippen molar-refractivity contribution in [3.63, 3.8) is 0 Å². The fraction of sp³-hybridized carbons (Fsp3) is 0.0333. The number of nitrogens with zero attached hydrogens (tertiary/aromatic N) is 4. The van der Waals surface area contributed by atoms with Crippen molar-refractivity contribution in [2.75, 3.05) is 9.80 Å². The van der Waals surface area contributed by atoms with Gasteiger partial charge in [-0.25, -0.2) is 0 Å². The van der Waals surface area contributed by atoms with Gasteiger partial charge in [-0.2, -0.15) is 0 Å². The van der Waals surface area contributed by atoms with Gasteiger partial charge in [-0.3, -0.25) is 0 Å². The molecule has 0 atom stereocenters. The van der Waals surface area contributed by atoms with E-state index in [0.717, 1.165) is 34.1 Å². The maximum Gasteiger partial charge on any atom is 0.0490 e. The number of hydrogen-bond acceptors (Lipinski definition) is 4. The molecule has 66 heavy (non-hydrogen) atoms. The summed E-state index contributed by atoms with van der Waals surface area (Å²) in [6, 6.07) is 76.3. The summed E-state index contributed by atoms with van der Waals surface area (Å²) >= 11 is 3.77. The smallest absolute Gasteiger partial charge is 0.0490 e. The Kier molecular flexibility index (Phi) is 8.12. The summed E-state index contributed by atoms with van der Waals surface area (Å²) < 4.78 is 9.77. The fourth-order valence-electron chi connectivity index (χ4n) is 10.8. The molecule has 14 aromatic rings. The topological polar surface area (TPSA) is 16.3 Å². The maximum atomic E-state index is 2.40. The van der Waals surface area contributed by atoms with E-state index >= 15 is 0 Å². The average Bonchev–Trinajstić information content (AvgIpc) is 4.10. The van der Waals surface area contributed by atoms with Crippen molar-refractivity contribution in [1.82, 2.24) is 9.13 Å². The lowest BCUT2D eigenvalue weighted by molar-refractivity contribution is 1.01. The Morgan fingerprint density at radius 2 is 0.636 bits per heavy atom. The van der Waals surface area contributed by atoms with E-state index in [1.54, 1.807) is 0 Å². The molecular formula is C60H40N4S2. The van der Waals surface area contributed by atoms with Crippen molar-refractivity contribution in [1.29, 1.82) is 0 Å². The molecule has 0 aliphatic heterocycles. The molecule has 0 N–H and O–H groups in total. The number of thiophene rings is 2. The highest BCUT2D eigenvalue weighted by atomic mass is 32.1. The number of para-hydroxylation sites is 4. The molecule has 0 unspecified atom stereocenters. The number of anilines is 6. The van der Waals surface area contributed by atoms with Crippen LogP contribution in [0, 0.1) is 0 Å². The van der Waals surface area contributed by atoms with E-state index in [0.29, 0.717) is 0 Å². The van der Waals surface area contributed by atoms with Gasteiger partial charge in [-0.15, -0.1) is 22.7 Å². The van der Waals surface area contributed by atoms with Crippen molar-refractivity contribution in [3.05, 3.63) is 206 Å². The van der Waals surface area contributed by atoms with Crippen LogP contribution >= 0.6 is 22.7 Å². The zero-order valence-corrected chi connectivity index (χ0v) is 37.9. The Balaban J connectivity index is 0.897. The molecule has 14 rings (SSSR count). The highest BCUT2D eigenvalue weighted by Crippen LogP contribution is 2.48. The van der Waals surface area contributed by atoms with Crippen LogP contribution < -0.4 is 9.80 Å². The molecule has 4 aromatic heterocycles. The lowest BCUT2D eigenvalue weighted by atomic mass is 9.99. The summed E-state index contributed by atoms with van der Waals surface area (Å²) in [5.41, 5.74) is 11.8. The maximum absolute atomic E-state index is 2.40. The number of fused-ring (bicyclic) bond motifs is 15. The summed E-state index contributed by atoms with van der Waals surface area (Å²) in [6.45, 7) is 0. The van der Waals surface area contributed by atoms with Crippen molar-refractivity contribution in [2.24, 2.45) is 14.1 Å². The number of rotatable bonds is 6. The van der Waals surface area contributed by atoms with E-state index in [1.165, 1.54) is 94.7 Å². The van der Waals surface area contributed by atoms with Crippen molar-refractivity contribution < 1.29 is 0 Å². The van der Waals surface area contributed by atoms with Crippen LogP contribution in [0.1, 0.15) is 0 Å². The van der Waals surface area contributed by atoms with Crippen LogP contribution in [0.5, 0.6) is 0 Å². The minimum atomic E-state index is 1.13. The van der Waals surface area contributed by atoms with Gasteiger partial charge in [0.2, 0.25) is 0 Å². The summed E-state index contributed by atoms with van der Waals surface area (Å²) in [5.74, 6) is 0. The number of hydrogen-bond donors (Lipinski definition) is 0. The van der Waals surface area contributed by atoms with Gasteiger partial charge in [0.25, 0.3) is 0 Å². The van der Waals surface area contributed by atoms with E-state index in [-0.39, 0.29) is 0 Å². The van der Waals surface area contributed by atoms with Crippen molar-refractivity contribution in [3.8, 4) is 0 Å². The number of aryl methyl sites for hydroxylation is 2. The third-order valence-electron chi connectivity index (χ3n) is 13.9. The van der Waals surface area contributed by atoms with Gasteiger partial charge < -0.3 is 18.9 Å². The average molecular weight is 881 g/mol. The van der Waals surface area contributed by atoms with E-state index in [2.05, 4.69) is 239 Å². The molecule has 0 spiro atoms. The molecule has 0 saturated heterocycles. The molecule has 0 aliphatic carbocycles. The van der Waals surface area contributed by atoms with Crippen LogP contribution in [-0.4, -0.2) is 9.13 Å². The molecule has 6 heteroatoms. The molecule has 4 heterocycles. The van der Waals surface area contributed by atoms with E-state index < -0.39 is 0 Å². The predicted molar refractivity (Wildman–Crippen MR) is 287 cm³/mol. The standard InChI is InChI=1S/C60H40N4S2/c1-61-51-19-11-9-17-43(51)49-33-39(23-29-53(49)61)63(37-13-5-3-6-14-37)41-21-25-47-57(35-41)65-55-31-27-46-45(59(47)55)28-32-56-60(46)48-26-22-42(36-58(48)66-56)64(38-15-7-4-8-16-38)40-24-30-54-50(34-40)44-18-10-12-20-52(44)62(54)2/h3-36H,1-2H3. The summed E-state index contributed by atoms with van der Waals surface area (Å²) in [4.78, 5) is 4.80. The highest BCUT2D eigenvalue weighted by Gasteiger charge is 2.21. The molecule has 10 aromatic carbocycles.